The van der Waals surface area contributed by atoms with Crippen LogP contribution in [-0.2, 0) is 4.74 Å². The number of nitrogens with one attached hydrogen (secondary N) is 1. The average molecular weight is 232 g/mol. The Labute approximate surface area is 97.9 Å². The van der Waals surface area contributed by atoms with E-state index in [4.69, 9.17) is 4.74 Å². The Morgan fingerprint density at radius 1 is 1.53 bits per heavy atom. The van der Waals surface area contributed by atoms with Crippen LogP contribution in [0.1, 0.15) is 13.8 Å². The van der Waals surface area contributed by atoms with E-state index in [-0.39, 0.29) is 0 Å². The Bertz CT molecular complexity index is 169. The Balaban J connectivity index is 2.44. The molecule has 1 saturated heterocycles. The van der Waals surface area contributed by atoms with Gasteiger partial charge in [-0.15, -0.1) is 0 Å². The molecule has 3 nitrogen and oxygen atoms in total. The molecule has 15 heavy (non-hydrogen) atoms. The van der Waals surface area contributed by atoms with Gasteiger partial charge in [0.25, 0.3) is 0 Å². The molecule has 0 bridgehead atoms. The molecule has 0 amide bonds. The average Bonchev–Trinajstić information content (AvgIpc) is 2.25. The molecule has 0 radical (unpaired) electrons. The molecule has 1 rings (SSSR count). The Morgan fingerprint density at radius 2 is 2.33 bits per heavy atom. The molecule has 0 aliphatic carbocycles. The monoisotopic (exact) mass is 232 g/mol. The predicted molar refractivity (Wildman–Crippen MR) is 67.7 cm³/mol. The number of ether oxygens (including phenoxy) is 1. The minimum absolute atomic E-state index is 0.479. The van der Waals surface area contributed by atoms with Crippen molar-refractivity contribution in [2.24, 2.45) is 0 Å². The minimum atomic E-state index is 0.479. The lowest BCUT2D eigenvalue weighted by Gasteiger charge is -2.37. The summed E-state index contributed by atoms with van der Waals surface area (Å²) < 4.78 is 5.55. The van der Waals surface area contributed by atoms with Crippen LogP contribution in [0.2, 0.25) is 0 Å². The van der Waals surface area contributed by atoms with Gasteiger partial charge in [0.2, 0.25) is 0 Å². The molecular formula is C11H24N2OS. The van der Waals surface area contributed by atoms with Crippen LogP contribution in [0.3, 0.4) is 0 Å². The summed E-state index contributed by atoms with van der Waals surface area (Å²) in [5, 5.41) is 3.54. The molecule has 2 atom stereocenters. The third-order valence-electron chi connectivity index (χ3n) is 2.88. The standard InChI is InChI=1S/C11H24N2OS/c1-4-12-10(8-14-5-2)11-9-15-7-6-13(11)3/h10-12H,4-9H2,1-3H3. The normalized spacial score (nSPS) is 25.4. The summed E-state index contributed by atoms with van der Waals surface area (Å²) in [6, 6.07) is 1.10. The molecule has 0 aromatic carbocycles. The molecule has 1 aliphatic rings. The fourth-order valence-corrected chi connectivity index (χ4v) is 3.25. The first-order valence-electron chi connectivity index (χ1n) is 5.88. The molecule has 0 saturated carbocycles. The van der Waals surface area contributed by atoms with Gasteiger partial charge in [-0.2, -0.15) is 11.8 Å². The van der Waals surface area contributed by atoms with Crippen LogP contribution >= 0.6 is 11.8 Å². The lowest BCUT2D eigenvalue weighted by molar-refractivity contribution is 0.0890. The van der Waals surface area contributed by atoms with Crippen molar-refractivity contribution < 1.29 is 4.74 Å². The van der Waals surface area contributed by atoms with Crippen molar-refractivity contribution >= 4 is 11.8 Å². The second kappa shape index (κ2) is 7.49. The molecular weight excluding hydrogens is 208 g/mol. The zero-order chi connectivity index (χ0) is 11.1. The van der Waals surface area contributed by atoms with Crippen LogP contribution in [-0.4, -0.2) is 61.8 Å². The van der Waals surface area contributed by atoms with Crippen molar-refractivity contribution in [2.75, 3.05) is 44.9 Å². The summed E-state index contributed by atoms with van der Waals surface area (Å²) in [6.07, 6.45) is 0. The van der Waals surface area contributed by atoms with E-state index >= 15 is 0 Å². The maximum absolute atomic E-state index is 5.55. The smallest absolute Gasteiger partial charge is 0.0635 e. The lowest BCUT2D eigenvalue weighted by atomic mass is 10.1. The van der Waals surface area contributed by atoms with Gasteiger partial charge < -0.3 is 15.0 Å². The second-order valence-corrected chi connectivity index (χ2v) is 5.10. The number of hydrogen-bond donors (Lipinski definition) is 1. The van der Waals surface area contributed by atoms with E-state index in [1.54, 1.807) is 0 Å². The summed E-state index contributed by atoms with van der Waals surface area (Å²) in [6.45, 7) is 8.08. The third kappa shape index (κ3) is 4.31. The van der Waals surface area contributed by atoms with Gasteiger partial charge in [-0.1, -0.05) is 6.92 Å². The highest BCUT2D eigenvalue weighted by Crippen LogP contribution is 2.17. The molecule has 0 spiro atoms. The van der Waals surface area contributed by atoms with Gasteiger partial charge in [-0.3, -0.25) is 0 Å². The molecule has 1 fully saturated rings. The van der Waals surface area contributed by atoms with Gasteiger partial charge in [-0.25, -0.2) is 0 Å². The Morgan fingerprint density at radius 3 is 2.93 bits per heavy atom. The minimum Gasteiger partial charge on any atom is -0.380 e. The predicted octanol–water partition coefficient (Wildman–Crippen LogP) is 1.05. The van der Waals surface area contributed by atoms with Crippen molar-refractivity contribution in [3.8, 4) is 0 Å². The summed E-state index contributed by atoms with van der Waals surface area (Å²) in [4.78, 5) is 2.46. The first-order chi connectivity index (χ1) is 7.29. The highest BCUT2D eigenvalue weighted by atomic mass is 32.2. The maximum Gasteiger partial charge on any atom is 0.0635 e. The number of rotatable bonds is 6. The van der Waals surface area contributed by atoms with Crippen LogP contribution in [0.5, 0.6) is 0 Å². The van der Waals surface area contributed by atoms with E-state index < -0.39 is 0 Å². The van der Waals surface area contributed by atoms with Crippen molar-refractivity contribution in [2.45, 2.75) is 25.9 Å². The van der Waals surface area contributed by atoms with E-state index in [1.165, 1.54) is 18.1 Å². The maximum atomic E-state index is 5.55. The van der Waals surface area contributed by atoms with Gasteiger partial charge in [0.1, 0.15) is 0 Å². The van der Waals surface area contributed by atoms with Crippen molar-refractivity contribution in [1.29, 1.82) is 0 Å². The fraction of sp³-hybridized carbons (Fsp3) is 1.00. The van der Waals surface area contributed by atoms with Crippen LogP contribution < -0.4 is 5.32 Å². The second-order valence-electron chi connectivity index (χ2n) is 3.95. The lowest BCUT2D eigenvalue weighted by Crippen LogP contribution is -2.54. The summed E-state index contributed by atoms with van der Waals surface area (Å²) in [5.74, 6) is 2.49. The van der Waals surface area contributed by atoms with Crippen LogP contribution in [0.4, 0.5) is 0 Å². The summed E-state index contributed by atoms with van der Waals surface area (Å²) in [5.41, 5.74) is 0. The van der Waals surface area contributed by atoms with Gasteiger partial charge in [-0.05, 0) is 20.5 Å². The van der Waals surface area contributed by atoms with Crippen molar-refractivity contribution in [3.05, 3.63) is 0 Å². The van der Waals surface area contributed by atoms with Gasteiger partial charge >= 0.3 is 0 Å². The number of hydrogen-bond acceptors (Lipinski definition) is 4. The quantitative estimate of drug-likeness (QED) is 0.740. The topological polar surface area (TPSA) is 24.5 Å². The van der Waals surface area contributed by atoms with Crippen molar-refractivity contribution in [3.63, 3.8) is 0 Å². The number of nitrogens with zero attached hydrogens (tertiary/aromatic N) is 1. The van der Waals surface area contributed by atoms with Crippen molar-refractivity contribution in [1.82, 2.24) is 10.2 Å². The molecule has 90 valence electrons. The zero-order valence-corrected chi connectivity index (χ0v) is 11.0. The Kier molecular flexibility index (Phi) is 6.64. The van der Waals surface area contributed by atoms with Crippen LogP contribution in [0, 0.1) is 0 Å². The highest BCUT2D eigenvalue weighted by molar-refractivity contribution is 7.99. The van der Waals surface area contributed by atoms with Crippen LogP contribution in [0.25, 0.3) is 0 Å². The first-order valence-corrected chi connectivity index (χ1v) is 7.04. The molecule has 1 N–H and O–H groups in total. The highest BCUT2D eigenvalue weighted by Gasteiger charge is 2.27. The SMILES string of the molecule is CCNC(COCC)C1CSCCN1C. The van der Waals surface area contributed by atoms with Gasteiger partial charge in [0, 0.05) is 36.7 Å². The fourth-order valence-electron chi connectivity index (χ4n) is 1.94. The molecule has 2 unspecified atom stereocenters. The molecule has 0 aromatic rings. The summed E-state index contributed by atoms with van der Waals surface area (Å²) >= 11 is 2.06. The largest absolute Gasteiger partial charge is 0.380 e. The number of likely N-dealkylation sites (N-methyl/N-ethyl adjacent to an activating group) is 2. The van der Waals surface area contributed by atoms with E-state index in [1.807, 2.05) is 0 Å². The number of thioether (sulfide) groups is 1. The third-order valence-corrected chi connectivity index (χ3v) is 3.92. The molecule has 1 heterocycles. The zero-order valence-electron chi connectivity index (χ0n) is 10.2. The van der Waals surface area contributed by atoms with E-state index in [9.17, 15) is 0 Å². The summed E-state index contributed by atoms with van der Waals surface area (Å²) in [7, 11) is 2.22. The first kappa shape index (κ1) is 13.3. The Hall–Kier alpha value is 0.230. The van der Waals surface area contributed by atoms with E-state index in [0.29, 0.717) is 12.1 Å². The van der Waals surface area contributed by atoms with Crippen LogP contribution in [0.15, 0.2) is 0 Å². The molecule has 0 aromatic heterocycles. The van der Waals surface area contributed by atoms with E-state index in [0.717, 1.165) is 19.8 Å². The van der Waals surface area contributed by atoms with Gasteiger partial charge in [0.15, 0.2) is 0 Å². The molecule has 4 heteroatoms. The molecule has 1 aliphatic heterocycles. The van der Waals surface area contributed by atoms with E-state index in [2.05, 4.69) is 42.9 Å². The van der Waals surface area contributed by atoms with Gasteiger partial charge in [0.05, 0.1) is 6.61 Å².